The molecular weight excluding hydrogens is 428 g/mol. The van der Waals surface area contributed by atoms with Crippen LogP contribution in [0.3, 0.4) is 0 Å². The average Bonchev–Trinajstić information content (AvgIpc) is 3.29. The first-order valence-electron chi connectivity index (χ1n) is 12.0. The summed E-state index contributed by atoms with van der Waals surface area (Å²) in [5.74, 6) is 2.18. The SMILES string of the molecule is Cc1ccc(-c2noc(CN3CCC(C(=O)NC(C)COc4ccc(C)c(C)c4)CC3)n2)cc1. The normalized spacial score (nSPS) is 15.8. The summed E-state index contributed by atoms with van der Waals surface area (Å²) in [6.07, 6.45) is 1.63. The molecule has 2 heterocycles. The summed E-state index contributed by atoms with van der Waals surface area (Å²) in [5.41, 5.74) is 4.59. The maximum Gasteiger partial charge on any atom is 0.241 e. The van der Waals surface area contributed by atoms with Crippen molar-refractivity contribution in [3.05, 3.63) is 65.0 Å². The van der Waals surface area contributed by atoms with Gasteiger partial charge in [-0.05, 0) is 76.9 Å². The first-order chi connectivity index (χ1) is 16.4. The number of aryl methyl sites for hydroxylation is 3. The van der Waals surface area contributed by atoms with Crippen LogP contribution >= 0.6 is 0 Å². The number of nitrogens with zero attached hydrogens (tertiary/aromatic N) is 3. The van der Waals surface area contributed by atoms with Crippen molar-refractivity contribution in [2.75, 3.05) is 19.7 Å². The number of hydrogen-bond acceptors (Lipinski definition) is 6. The zero-order valence-electron chi connectivity index (χ0n) is 20.5. The second-order valence-electron chi connectivity index (χ2n) is 9.39. The molecule has 2 aromatic carbocycles. The van der Waals surface area contributed by atoms with Crippen LogP contribution in [-0.4, -0.2) is 46.7 Å². The van der Waals surface area contributed by atoms with Crippen LogP contribution in [0.15, 0.2) is 47.0 Å². The molecule has 1 amide bonds. The molecule has 1 aliphatic rings. The lowest BCUT2D eigenvalue weighted by molar-refractivity contribution is -0.127. The van der Waals surface area contributed by atoms with E-state index in [1.54, 1.807) is 0 Å². The van der Waals surface area contributed by atoms with E-state index in [1.807, 2.05) is 43.3 Å². The standard InChI is InChI=1S/C27H34N4O3/c1-18-5-8-22(9-6-18)26-29-25(34-30-26)16-31-13-11-23(12-14-31)27(32)28-21(4)17-33-24-10-7-19(2)20(3)15-24/h5-10,15,21,23H,11-14,16-17H2,1-4H3,(H,28,32). The van der Waals surface area contributed by atoms with Gasteiger partial charge in [-0.25, -0.2) is 0 Å². The number of carbonyl (C=O) groups is 1. The third-order valence-corrected chi connectivity index (χ3v) is 6.46. The lowest BCUT2D eigenvalue weighted by Crippen LogP contribution is -2.44. The van der Waals surface area contributed by atoms with Crippen molar-refractivity contribution >= 4 is 5.91 Å². The molecule has 1 atom stereocenters. The first-order valence-corrected chi connectivity index (χ1v) is 12.0. The second-order valence-corrected chi connectivity index (χ2v) is 9.39. The molecule has 180 valence electrons. The van der Waals surface area contributed by atoms with Gasteiger partial charge in [0.15, 0.2) is 0 Å². The molecule has 0 spiro atoms. The fourth-order valence-corrected chi connectivity index (χ4v) is 4.11. The summed E-state index contributed by atoms with van der Waals surface area (Å²) in [7, 11) is 0. The molecule has 1 saturated heterocycles. The van der Waals surface area contributed by atoms with E-state index in [1.165, 1.54) is 16.7 Å². The van der Waals surface area contributed by atoms with Gasteiger partial charge in [-0.2, -0.15) is 4.98 Å². The van der Waals surface area contributed by atoms with Crippen LogP contribution in [0.1, 0.15) is 42.3 Å². The third-order valence-electron chi connectivity index (χ3n) is 6.46. The number of aromatic nitrogens is 2. The van der Waals surface area contributed by atoms with E-state index in [4.69, 9.17) is 9.26 Å². The zero-order valence-corrected chi connectivity index (χ0v) is 20.5. The van der Waals surface area contributed by atoms with Gasteiger partial charge in [-0.3, -0.25) is 9.69 Å². The maximum atomic E-state index is 12.7. The molecule has 3 aromatic rings. The number of benzene rings is 2. The summed E-state index contributed by atoms with van der Waals surface area (Å²) in [5, 5.41) is 7.23. The Morgan fingerprint density at radius 2 is 1.85 bits per heavy atom. The first kappa shape index (κ1) is 24.0. The number of likely N-dealkylation sites (tertiary alicyclic amines) is 1. The Balaban J connectivity index is 1.20. The minimum atomic E-state index is -0.0503. The number of amides is 1. The molecule has 1 N–H and O–H groups in total. The number of nitrogens with one attached hydrogen (secondary N) is 1. The quantitative estimate of drug-likeness (QED) is 0.532. The van der Waals surface area contributed by atoms with Gasteiger partial charge in [0, 0.05) is 11.5 Å². The molecule has 0 radical (unpaired) electrons. The lowest BCUT2D eigenvalue weighted by Gasteiger charge is -2.30. The largest absolute Gasteiger partial charge is 0.491 e. The van der Waals surface area contributed by atoms with E-state index < -0.39 is 0 Å². The molecule has 0 aliphatic carbocycles. The highest BCUT2D eigenvalue weighted by molar-refractivity contribution is 5.79. The van der Waals surface area contributed by atoms with Gasteiger partial charge in [-0.1, -0.05) is 41.1 Å². The molecule has 0 saturated carbocycles. The average molecular weight is 463 g/mol. The minimum Gasteiger partial charge on any atom is -0.491 e. The summed E-state index contributed by atoms with van der Waals surface area (Å²) >= 11 is 0. The van der Waals surface area contributed by atoms with E-state index in [0.717, 1.165) is 37.2 Å². The van der Waals surface area contributed by atoms with E-state index in [9.17, 15) is 4.79 Å². The predicted molar refractivity (Wildman–Crippen MR) is 131 cm³/mol. The van der Waals surface area contributed by atoms with E-state index >= 15 is 0 Å². The Bertz CT molecular complexity index is 1100. The monoisotopic (exact) mass is 462 g/mol. The highest BCUT2D eigenvalue weighted by Crippen LogP contribution is 2.21. The van der Waals surface area contributed by atoms with Crippen molar-refractivity contribution < 1.29 is 14.1 Å². The van der Waals surface area contributed by atoms with Crippen LogP contribution in [0.2, 0.25) is 0 Å². The van der Waals surface area contributed by atoms with E-state index in [-0.39, 0.29) is 17.9 Å². The van der Waals surface area contributed by atoms with Gasteiger partial charge in [0.1, 0.15) is 12.4 Å². The van der Waals surface area contributed by atoms with Gasteiger partial charge in [0.05, 0.1) is 12.6 Å². The smallest absolute Gasteiger partial charge is 0.241 e. The maximum absolute atomic E-state index is 12.7. The Morgan fingerprint density at radius 3 is 2.56 bits per heavy atom. The summed E-state index contributed by atoms with van der Waals surface area (Å²) < 4.78 is 11.3. The highest BCUT2D eigenvalue weighted by atomic mass is 16.5. The molecule has 0 bridgehead atoms. The third kappa shape index (κ3) is 6.23. The van der Waals surface area contributed by atoms with Crippen LogP contribution in [0.5, 0.6) is 5.75 Å². The number of carbonyl (C=O) groups excluding carboxylic acids is 1. The Labute approximate surface area is 201 Å². The minimum absolute atomic E-state index is 0.0196. The molecule has 7 nitrogen and oxygen atoms in total. The van der Waals surface area contributed by atoms with Crippen LogP contribution in [0.25, 0.3) is 11.4 Å². The van der Waals surface area contributed by atoms with Crippen molar-refractivity contribution in [2.45, 2.75) is 53.1 Å². The number of rotatable bonds is 8. The zero-order chi connectivity index (χ0) is 24.1. The number of hydrogen-bond donors (Lipinski definition) is 1. The van der Waals surface area contributed by atoms with Crippen molar-refractivity contribution in [3.8, 4) is 17.1 Å². The topological polar surface area (TPSA) is 80.5 Å². The van der Waals surface area contributed by atoms with Crippen molar-refractivity contribution in [3.63, 3.8) is 0 Å². The summed E-state index contributed by atoms with van der Waals surface area (Å²) in [6.45, 7) is 10.9. The molecule has 4 rings (SSSR count). The van der Waals surface area contributed by atoms with Crippen LogP contribution in [0.4, 0.5) is 0 Å². The van der Waals surface area contributed by atoms with Crippen LogP contribution < -0.4 is 10.1 Å². The Morgan fingerprint density at radius 1 is 1.12 bits per heavy atom. The number of ether oxygens (including phenoxy) is 1. The van der Waals surface area contributed by atoms with Gasteiger partial charge < -0.3 is 14.6 Å². The van der Waals surface area contributed by atoms with Gasteiger partial charge >= 0.3 is 0 Å². The van der Waals surface area contributed by atoms with Crippen molar-refractivity contribution in [1.29, 1.82) is 0 Å². The lowest BCUT2D eigenvalue weighted by atomic mass is 9.95. The van der Waals surface area contributed by atoms with Crippen LogP contribution in [0, 0.1) is 26.7 Å². The molecular formula is C27H34N4O3. The van der Waals surface area contributed by atoms with E-state index in [0.29, 0.717) is 24.9 Å². The molecule has 1 unspecified atom stereocenters. The van der Waals surface area contributed by atoms with Gasteiger partial charge in [-0.15, -0.1) is 0 Å². The van der Waals surface area contributed by atoms with Crippen LogP contribution in [-0.2, 0) is 11.3 Å². The molecule has 1 fully saturated rings. The van der Waals surface area contributed by atoms with Gasteiger partial charge in [0.25, 0.3) is 0 Å². The van der Waals surface area contributed by atoms with Gasteiger partial charge in [0.2, 0.25) is 17.6 Å². The fourth-order valence-electron chi connectivity index (χ4n) is 4.11. The Kier molecular flexibility index (Phi) is 7.63. The van der Waals surface area contributed by atoms with Crippen molar-refractivity contribution in [1.82, 2.24) is 20.4 Å². The second kappa shape index (κ2) is 10.8. The number of piperidine rings is 1. The molecule has 1 aromatic heterocycles. The molecule has 7 heteroatoms. The molecule has 34 heavy (non-hydrogen) atoms. The Hall–Kier alpha value is -3.19. The predicted octanol–water partition coefficient (Wildman–Crippen LogP) is 4.46. The summed E-state index contributed by atoms with van der Waals surface area (Å²) in [4.78, 5) is 19.5. The molecule has 1 aliphatic heterocycles. The van der Waals surface area contributed by atoms with E-state index in [2.05, 4.69) is 47.2 Å². The van der Waals surface area contributed by atoms with Crippen molar-refractivity contribution in [2.24, 2.45) is 5.92 Å². The highest BCUT2D eigenvalue weighted by Gasteiger charge is 2.27. The summed E-state index contributed by atoms with van der Waals surface area (Å²) in [6, 6.07) is 14.1. The fraction of sp³-hybridized carbons (Fsp3) is 0.444.